The molecule has 3 aromatic rings. The average molecular weight is 434 g/mol. The summed E-state index contributed by atoms with van der Waals surface area (Å²) in [6.45, 7) is 6.09. The van der Waals surface area contributed by atoms with E-state index in [0.29, 0.717) is 5.56 Å². The Hall–Kier alpha value is -3.19. The zero-order valence-corrected chi connectivity index (χ0v) is 18.9. The highest BCUT2D eigenvalue weighted by Gasteiger charge is 2.12. The molecule has 0 saturated carbocycles. The van der Waals surface area contributed by atoms with Crippen LogP contribution in [0.5, 0.6) is 0 Å². The quantitative estimate of drug-likeness (QED) is 0.565. The molecule has 160 valence electrons. The summed E-state index contributed by atoms with van der Waals surface area (Å²) < 4.78 is 0. The molecule has 4 rings (SSSR count). The van der Waals surface area contributed by atoms with Crippen LogP contribution in [0.15, 0.2) is 46.8 Å². The van der Waals surface area contributed by atoms with Crippen LogP contribution >= 0.6 is 11.3 Å². The molecule has 0 fully saturated rings. The Balaban J connectivity index is 1.48. The summed E-state index contributed by atoms with van der Waals surface area (Å²) in [6, 6.07) is 12.0. The van der Waals surface area contributed by atoms with E-state index in [2.05, 4.69) is 52.3 Å². The van der Waals surface area contributed by atoms with Crippen LogP contribution in [0.25, 0.3) is 11.3 Å². The van der Waals surface area contributed by atoms with Crippen molar-refractivity contribution in [2.24, 2.45) is 4.99 Å². The second kappa shape index (κ2) is 9.31. The van der Waals surface area contributed by atoms with E-state index in [1.54, 1.807) is 18.4 Å². The smallest absolute Gasteiger partial charge is 0.251 e. The maximum absolute atomic E-state index is 11.7. The second-order valence-electron chi connectivity index (χ2n) is 7.69. The largest absolute Gasteiger partial charge is 0.356 e. The summed E-state index contributed by atoms with van der Waals surface area (Å²) in [7, 11) is 1.64. The summed E-state index contributed by atoms with van der Waals surface area (Å²) in [5.41, 5.74) is 7.40. The first-order valence-corrected chi connectivity index (χ1v) is 11.3. The molecule has 7 heteroatoms. The number of benzene rings is 2. The fourth-order valence-corrected chi connectivity index (χ4v) is 4.40. The molecule has 0 saturated heterocycles. The third-order valence-electron chi connectivity index (χ3n) is 5.40. The fourth-order valence-electron chi connectivity index (χ4n) is 3.57. The lowest BCUT2D eigenvalue weighted by atomic mass is 10.0. The van der Waals surface area contributed by atoms with E-state index in [1.165, 1.54) is 16.7 Å². The van der Waals surface area contributed by atoms with Gasteiger partial charge in [-0.2, -0.15) is 0 Å². The van der Waals surface area contributed by atoms with Gasteiger partial charge in [0, 0.05) is 48.8 Å². The van der Waals surface area contributed by atoms with Crippen LogP contribution in [0.1, 0.15) is 38.5 Å². The Labute approximate surface area is 186 Å². The first kappa shape index (κ1) is 21.1. The molecule has 2 heterocycles. The third-order valence-corrected chi connectivity index (χ3v) is 6.25. The van der Waals surface area contributed by atoms with E-state index < -0.39 is 0 Å². The van der Waals surface area contributed by atoms with Gasteiger partial charge in [0.25, 0.3) is 5.91 Å². The minimum absolute atomic E-state index is 0.0827. The van der Waals surface area contributed by atoms with Crippen LogP contribution in [-0.2, 0) is 6.42 Å². The highest BCUT2D eigenvalue weighted by molar-refractivity contribution is 7.10. The monoisotopic (exact) mass is 433 g/mol. The number of aromatic nitrogens is 1. The van der Waals surface area contributed by atoms with Gasteiger partial charge in [0.15, 0.2) is 5.96 Å². The van der Waals surface area contributed by atoms with Crippen molar-refractivity contribution in [2.45, 2.75) is 26.7 Å². The molecule has 1 amide bonds. The summed E-state index contributed by atoms with van der Waals surface area (Å²) in [5.74, 6) is 0.772. The van der Waals surface area contributed by atoms with Crippen LogP contribution in [0.3, 0.4) is 0 Å². The van der Waals surface area contributed by atoms with Crippen molar-refractivity contribution in [3.8, 4) is 11.3 Å². The number of hydrogen-bond donors (Lipinski definition) is 3. The first-order valence-electron chi connectivity index (χ1n) is 10.5. The minimum atomic E-state index is -0.0827. The van der Waals surface area contributed by atoms with Gasteiger partial charge in [0.05, 0.1) is 10.7 Å². The Morgan fingerprint density at radius 3 is 2.68 bits per heavy atom. The van der Waals surface area contributed by atoms with Crippen LogP contribution in [0, 0.1) is 13.8 Å². The molecule has 0 aliphatic carbocycles. The zero-order chi connectivity index (χ0) is 21.8. The number of amides is 1. The number of aliphatic imine (C=N–C) groups is 1. The molecule has 1 aliphatic heterocycles. The van der Waals surface area contributed by atoms with Gasteiger partial charge in [-0.1, -0.05) is 18.2 Å². The van der Waals surface area contributed by atoms with Gasteiger partial charge in [0.1, 0.15) is 0 Å². The molecule has 31 heavy (non-hydrogen) atoms. The lowest BCUT2D eigenvalue weighted by Crippen LogP contribution is -2.35. The van der Waals surface area contributed by atoms with Crippen molar-refractivity contribution in [3.05, 3.63) is 69.0 Å². The molecular formula is C24H27N5OS. The molecule has 2 aromatic carbocycles. The average Bonchev–Trinajstić information content (AvgIpc) is 3.26. The molecule has 6 nitrogen and oxygen atoms in total. The highest BCUT2D eigenvalue weighted by Crippen LogP contribution is 2.27. The summed E-state index contributed by atoms with van der Waals surface area (Å²) in [4.78, 5) is 21.1. The number of carbonyl (C=O) groups is 1. The molecule has 1 aliphatic rings. The minimum Gasteiger partial charge on any atom is -0.356 e. The van der Waals surface area contributed by atoms with E-state index in [0.717, 1.165) is 53.8 Å². The highest BCUT2D eigenvalue weighted by atomic mass is 32.1. The number of rotatable bonds is 5. The van der Waals surface area contributed by atoms with Gasteiger partial charge < -0.3 is 16.0 Å². The molecule has 0 bridgehead atoms. The van der Waals surface area contributed by atoms with Gasteiger partial charge in [-0.25, -0.2) is 4.98 Å². The van der Waals surface area contributed by atoms with Crippen molar-refractivity contribution in [2.75, 3.05) is 25.5 Å². The van der Waals surface area contributed by atoms with Crippen LogP contribution < -0.4 is 16.0 Å². The summed E-state index contributed by atoms with van der Waals surface area (Å²) >= 11 is 1.67. The molecule has 1 aromatic heterocycles. The lowest BCUT2D eigenvalue weighted by molar-refractivity contribution is 0.0963. The predicted molar refractivity (Wildman–Crippen MR) is 128 cm³/mol. The van der Waals surface area contributed by atoms with Crippen molar-refractivity contribution < 1.29 is 4.79 Å². The topological polar surface area (TPSA) is 78.4 Å². The standard InChI is InChI=1S/C24H27N5OS/c1-15-12-20(29-24-26-9-4-10-27-24)16(2)11-19(15)13-22-28-21(14-31-22)17-5-7-18(8-6-17)23(30)25-3/h5-8,11-12,14H,4,9-10,13H2,1-3H3,(H,25,30)(H2,26,27,29). The lowest BCUT2D eigenvalue weighted by Gasteiger charge is -2.18. The SMILES string of the molecule is CNC(=O)c1ccc(-c2csc(Cc3cc(C)c(NC4=NCCCN4)cc3C)n2)cc1. The number of guanidine groups is 1. The number of thiazole rings is 1. The van der Waals surface area contributed by atoms with Crippen molar-refractivity contribution in [1.29, 1.82) is 0 Å². The third kappa shape index (κ3) is 4.94. The maximum atomic E-state index is 11.7. The van der Waals surface area contributed by atoms with Gasteiger partial charge in [-0.05, 0) is 55.2 Å². The second-order valence-corrected chi connectivity index (χ2v) is 8.63. The van der Waals surface area contributed by atoms with E-state index in [4.69, 9.17) is 4.98 Å². The first-order chi connectivity index (χ1) is 15.0. The van der Waals surface area contributed by atoms with E-state index >= 15 is 0 Å². The number of carbonyl (C=O) groups excluding carboxylic acids is 1. The van der Waals surface area contributed by atoms with Crippen LogP contribution in [-0.4, -0.2) is 37.0 Å². The number of hydrogen-bond acceptors (Lipinski definition) is 6. The Morgan fingerprint density at radius 1 is 1.16 bits per heavy atom. The molecule has 0 unspecified atom stereocenters. The van der Waals surface area contributed by atoms with Crippen molar-refractivity contribution in [1.82, 2.24) is 15.6 Å². The predicted octanol–water partition coefficient (Wildman–Crippen LogP) is 4.14. The normalized spacial score (nSPS) is 13.3. The van der Waals surface area contributed by atoms with E-state index in [-0.39, 0.29) is 5.91 Å². The maximum Gasteiger partial charge on any atom is 0.251 e. The van der Waals surface area contributed by atoms with Crippen LogP contribution in [0.2, 0.25) is 0 Å². The van der Waals surface area contributed by atoms with Gasteiger partial charge >= 0.3 is 0 Å². The molecule has 0 atom stereocenters. The molecule has 3 N–H and O–H groups in total. The van der Waals surface area contributed by atoms with Gasteiger partial charge in [0.2, 0.25) is 0 Å². The number of nitrogens with one attached hydrogen (secondary N) is 3. The number of aryl methyl sites for hydroxylation is 2. The Morgan fingerprint density at radius 2 is 1.97 bits per heavy atom. The van der Waals surface area contributed by atoms with Gasteiger partial charge in [-0.15, -0.1) is 11.3 Å². The van der Waals surface area contributed by atoms with Crippen LogP contribution in [0.4, 0.5) is 5.69 Å². The Kier molecular flexibility index (Phi) is 6.32. The van der Waals surface area contributed by atoms with E-state index in [9.17, 15) is 4.79 Å². The van der Waals surface area contributed by atoms with Gasteiger partial charge in [-0.3, -0.25) is 9.79 Å². The summed E-state index contributed by atoms with van der Waals surface area (Å²) in [5, 5.41) is 12.5. The fraction of sp³-hybridized carbons (Fsp3) is 0.292. The molecule has 0 radical (unpaired) electrons. The summed E-state index contributed by atoms with van der Waals surface area (Å²) in [6.07, 6.45) is 1.88. The van der Waals surface area contributed by atoms with E-state index in [1.807, 2.05) is 24.3 Å². The molecular weight excluding hydrogens is 406 g/mol. The zero-order valence-electron chi connectivity index (χ0n) is 18.1. The molecule has 0 spiro atoms. The van der Waals surface area contributed by atoms with Crippen molar-refractivity contribution >= 4 is 28.9 Å². The van der Waals surface area contributed by atoms with Crippen molar-refractivity contribution in [3.63, 3.8) is 0 Å². The number of nitrogens with zero attached hydrogens (tertiary/aromatic N) is 2. The Bertz CT molecular complexity index is 1120. The number of anilines is 1.